The van der Waals surface area contributed by atoms with Crippen molar-refractivity contribution in [2.75, 3.05) is 0 Å². The second-order valence-electron chi connectivity index (χ2n) is 2.22. The number of rotatable bonds is 3. The summed E-state index contributed by atoms with van der Waals surface area (Å²) >= 11 is 16.2. The van der Waals surface area contributed by atoms with Crippen LogP contribution in [0.15, 0.2) is 12.3 Å². The Hall–Kier alpha value is -0.520. The Labute approximate surface area is 94.7 Å². The van der Waals surface area contributed by atoms with Gasteiger partial charge in [-0.3, -0.25) is 10.1 Å². The van der Waals surface area contributed by atoms with Gasteiger partial charge in [-0.15, -0.1) is 0 Å². The van der Waals surface area contributed by atoms with Crippen molar-refractivity contribution < 1.29 is 14.5 Å². The Morgan fingerprint density at radius 3 is 2.43 bits per heavy atom. The molecule has 0 heterocycles. The smallest absolute Gasteiger partial charge is 0.337 e. The summed E-state index contributed by atoms with van der Waals surface area (Å²) in [5.74, 6) is -0.944. The van der Waals surface area contributed by atoms with Gasteiger partial charge in [0.15, 0.2) is 0 Å². The molecule has 1 unspecified atom stereocenters. The van der Waals surface area contributed by atoms with E-state index in [-0.39, 0.29) is 0 Å². The zero-order valence-electron chi connectivity index (χ0n) is 6.95. The molecule has 0 radical (unpaired) electrons. The quantitative estimate of drug-likeness (QED) is 0.257. The summed E-state index contributed by atoms with van der Waals surface area (Å²) in [7, 11) is 0. The number of hydrogen-bond acceptors (Lipinski definition) is 4. The first-order chi connectivity index (χ1) is 6.23. The fraction of sp³-hybridized carbons (Fsp3) is 0.500. The van der Waals surface area contributed by atoms with Crippen molar-refractivity contribution in [1.82, 2.24) is 0 Å². The lowest BCUT2D eigenvalue weighted by Crippen LogP contribution is -2.27. The van der Waals surface area contributed by atoms with Crippen LogP contribution in [0.1, 0.15) is 6.92 Å². The standard InChI is InChI=1S/C6H6Cl3NO4/c1-4(6(7,8)9)14-5(11)2-3-10(12)13/h2-4H,1H3/b3-2+. The lowest BCUT2D eigenvalue weighted by Gasteiger charge is -2.19. The molecule has 0 aromatic carbocycles. The third-order valence-electron chi connectivity index (χ3n) is 1.09. The zero-order chi connectivity index (χ0) is 11.4. The minimum Gasteiger partial charge on any atom is -0.455 e. The molecule has 0 spiro atoms. The van der Waals surface area contributed by atoms with Crippen LogP contribution in [0.2, 0.25) is 0 Å². The Morgan fingerprint density at radius 2 is 2.07 bits per heavy atom. The van der Waals surface area contributed by atoms with Crippen LogP contribution in [0, 0.1) is 10.1 Å². The molecule has 0 aliphatic heterocycles. The van der Waals surface area contributed by atoms with Crippen LogP contribution in [0.5, 0.6) is 0 Å². The summed E-state index contributed by atoms with van der Waals surface area (Å²) in [5.41, 5.74) is 0. The van der Waals surface area contributed by atoms with Crippen molar-refractivity contribution in [3.05, 3.63) is 22.4 Å². The number of nitro groups is 1. The van der Waals surface area contributed by atoms with Crippen LogP contribution < -0.4 is 0 Å². The minimum atomic E-state index is -1.75. The number of carbonyl (C=O) groups is 1. The molecule has 0 saturated heterocycles. The van der Waals surface area contributed by atoms with Crippen molar-refractivity contribution >= 4 is 40.8 Å². The van der Waals surface area contributed by atoms with E-state index in [0.29, 0.717) is 12.3 Å². The summed E-state index contributed by atoms with van der Waals surface area (Å²) in [4.78, 5) is 19.8. The monoisotopic (exact) mass is 261 g/mol. The molecule has 0 amide bonds. The van der Waals surface area contributed by atoms with Gasteiger partial charge >= 0.3 is 5.97 Å². The van der Waals surface area contributed by atoms with Gasteiger partial charge < -0.3 is 4.74 Å². The van der Waals surface area contributed by atoms with E-state index < -0.39 is 20.8 Å². The molecule has 0 fully saturated rings. The average Bonchev–Trinajstić information content (AvgIpc) is 1.99. The molecule has 0 rings (SSSR count). The number of ether oxygens (including phenoxy) is 1. The highest BCUT2D eigenvalue weighted by Gasteiger charge is 2.31. The topological polar surface area (TPSA) is 69.4 Å². The molecule has 0 saturated carbocycles. The highest BCUT2D eigenvalue weighted by molar-refractivity contribution is 6.68. The van der Waals surface area contributed by atoms with Crippen molar-refractivity contribution in [1.29, 1.82) is 0 Å². The molecule has 1 atom stereocenters. The number of halogens is 3. The number of nitrogens with zero attached hydrogens (tertiary/aromatic N) is 1. The largest absolute Gasteiger partial charge is 0.455 e. The van der Waals surface area contributed by atoms with Gasteiger partial charge in [0.1, 0.15) is 6.10 Å². The number of carbonyl (C=O) groups excluding carboxylic acids is 1. The number of esters is 1. The first-order valence-electron chi connectivity index (χ1n) is 3.32. The van der Waals surface area contributed by atoms with Crippen LogP contribution in [-0.4, -0.2) is 20.8 Å². The number of alkyl halides is 3. The Morgan fingerprint density at radius 1 is 1.57 bits per heavy atom. The summed E-state index contributed by atoms with van der Waals surface area (Å²) < 4.78 is 2.79. The summed E-state index contributed by atoms with van der Waals surface area (Å²) in [5, 5.41) is 9.82. The third kappa shape index (κ3) is 6.01. The second kappa shape index (κ2) is 5.38. The zero-order valence-corrected chi connectivity index (χ0v) is 9.21. The van der Waals surface area contributed by atoms with Crippen LogP contribution in [-0.2, 0) is 9.53 Å². The van der Waals surface area contributed by atoms with Gasteiger partial charge in [0.25, 0.3) is 0 Å². The molecular weight excluding hydrogens is 256 g/mol. The fourth-order valence-electron chi connectivity index (χ4n) is 0.402. The molecule has 0 bridgehead atoms. The Bertz CT molecular complexity index is 260. The second-order valence-corrected chi connectivity index (χ2v) is 4.59. The van der Waals surface area contributed by atoms with Crippen LogP contribution in [0.4, 0.5) is 0 Å². The van der Waals surface area contributed by atoms with Gasteiger partial charge in [-0.2, -0.15) is 0 Å². The molecule has 0 aromatic heterocycles. The lowest BCUT2D eigenvalue weighted by molar-refractivity contribution is -0.402. The van der Waals surface area contributed by atoms with Gasteiger partial charge in [-0.05, 0) is 6.92 Å². The van der Waals surface area contributed by atoms with E-state index in [2.05, 4.69) is 4.74 Å². The lowest BCUT2D eigenvalue weighted by atomic mass is 10.4. The Balaban J connectivity index is 4.14. The highest BCUT2D eigenvalue weighted by atomic mass is 35.6. The molecule has 0 aromatic rings. The maximum Gasteiger partial charge on any atom is 0.337 e. The molecule has 14 heavy (non-hydrogen) atoms. The van der Waals surface area contributed by atoms with E-state index in [1.54, 1.807) is 0 Å². The summed E-state index contributed by atoms with van der Waals surface area (Å²) in [6.45, 7) is 1.35. The van der Waals surface area contributed by atoms with Gasteiger partial charge in [0, 0.05) is 0 Å². The maximum absolute atomic E-state index is 10.8. The van der Waals surface area contributed by atoms with Crippen molar-refractivity contribution in [2.45, 2.75) is 16.8 Å². The van der Waals surface area contributed by atoms with E-state index in [1.807, 2.05) is 0 Å². The average molecular weight is 262 g/mol. The van der Waals surface area contributed by atoms with E-state index in [0.717, 1.165) is 0 Å². The summed E-state index contributed by atoms with van der Waals surface area (Å²) in [6.07, 6.45) is 0.0803. The first kappa shape index (κ1) is 13.5. The predicted molar refractivity (Wildman–Crippen MR) is 52.0 cm³/mol. The predicted octanol–water partition coefficient (Wildman–Crippen LogP) is 2.08. The van der Waals surface area contributed by atoms with E-state index in [9.17, 15) is 14.9 Å². The van der Waals surface area contributed by atoms with Gasteiger partial charge in [-0.25, -0.2) is 4.79 Å². The number of hydrogen-bond donors (Lipinski definition) is 0. The Kier molecular flexibility index (Phi) is 5.18. The maximum atomic E-state index is 10.8. The van der Waals surface area contributed by atoms with Crippen molar-refractivity contribution in [2.24, 2.45) is 0 Å². The van der Waals surface area contributed by atoms with Crippen LogP contribution in [0.25, 0.3) is 0 Å². The van der Waals surface area contributed by atoms with Crippen LogP contribution in [0.3, 0.4) is 0 Å². The molecule has 80 valence electrons. The first-order valence-corrected chi connectivity index (χ1v) is 4.46. The van der Waals surface area contributed by atoms with E-state index in [4.69, 9.17) is 34.8 Å². The van der Waals surface area contributed by atoms with Gasteiger partial charge in [0.05, 0.1) is 11.0 Å². The molecule has 8 heteroatoms. The third-order valence-corrected chi connectivity index (χ3v) is 2.01. The van der Waals surface area contributed by atoms with Crippen molar-refractivity contribution in [3.8, 4) is 0 Å². The van der Waals surface area contributed by atoms with Crippen LogP contribution >= 0.6 is 34.8 Å². The van der Waals surface area contributed by atoms with E-state index in [1.165, 1.54) is 6.92 Å². The molecular formula is C6H6Cl3NO4. The van der Waals surface area contributed by atoms with Gasteiger partial charge in [-0.1, -0.05) is 34.8 Å². The SMILES string of the molecule is CC(OC(=O)/C=C/[N+](=O)[O-])C(Cl)(Cl)Cl. The highest BCUT2D eigenvalue weighted by Crippen LogP contribution is 2.31. The van der Waals surface area contributed by atoms with Crippen molar-refractivity contribution in [3.63, 3.8) is 0 Å². The summed E-state index contributed by atoms with van der Waals surface area (Å²) in [6, 6.07) is 0. The molecule has 0 aliphatic rings. The molecule has 5 nitrogen and oxygen atoms in total. The normalized spacial score (nSPS) is 14.0. The van der Waals surface area contributed by atoms with E-state index >= 15 is 0 Å². The van der Waals surface area contributed by atoms with Gasteiger partial charge in [0.2, 0.25) is 9.99 Å². The minimum absolute atomic E-state index is 0.438. The molecule has 0 aliphatic carbocycles. The fourth-order valence-corrected chi connectivity index (χ4v) is 0.536. The molecule has 0 N–H and O–H groups in total.